The number of aliphatic hydroxyl groups is 1. The molecule has 0 fully saturated rings. The Morgan fingerprint density at radius 3 is 2.55 bits per heavy atom. The van der Waals surface area contributed by atoms with Gasteiger partial charge in [-0.2, -0.15) is 13.2 Å². The van der Waals surface area contributed by atoms with E-state index in [2.05, 4.69) is 0 Å². The van der Waals surface area contributed by atoms with Crippen LogP contribution in [0.15, 0.2) is 23.1 Å². The van der Waals surface area contributed by atoms with Crippen LogP contribution >= 0.6 is 0 Å². The molecule has 2 atom stereocenters. The molecule has 0 radical (unpaired) electrons. The van der Waals surface area contributed by atoms with Crippen molar-refractivity contribution in [3.8, 4) is 0 Å². The average Bonchev–Trinajstić information content (AvgIpc) is 2.90. The van der Waals surface area contributed by atoms with Crippen molar-refractivity contribution >= 4 is 10.0 Å². The van der Waals surface area contributed by atoms with Crippen molar-refractivity contribution in [2.75, 3.05) is 0 Å². The predicted octanol–water partition coefficient (Wildman–Crippen LogP) is 1.70. The summed E-state index contributed by atoms with van der Waals surface area (Å²) in [6, 6.07) is 2.60. The fraction of sp³-hybridized carbons (Fsp3) is 0.538. The molecule has 0 spiro atoms. The van der Waals surface area contributed by atoms with E-state index in [0.717, 1.165) is 5.56 Å². The number of halogens is 3. The number of benzene rings is 1. The molecular weight excluding hydrogens is 323 g/mol. The molecule has 0 aromatic heterocycles. The second-order valence-corrected chi connectivity index (χ2v) is 6.76. The molecule has 1 aliphatic heterocycles. The van der Waals surface area contributed by atoms with Gasteiger partial charge in [-0.25, -0.2) is 13.1 Å². The van der Waals surface area contributed by atoms with Gasteiger partial charge in [0.1, 0.15) is 0 Å². The quantitative estimate of drug-likeness (QED) is 0.856. The highest BCUT2D eigenvalue weighted by Crippen LogP contribution is 2.26. The Kier molecular flexibility index (Phi) is 4.81. The maximum Gasteiger partial charge on any atom is 0.415 e. The summed E-state index contributed by atoms with van der Waals surface area (Å²) in [4.78, 5) is -0.149. The Labute approximate surface area is 126 Å². The maximum atomic E-state index is 12.5. The van der Waals surface area contributed by atoms with Gasteiger partial charge < -0.3 is 9.84 Å². The largest absolute Gasteiger partial charge is 0.415 e. The Morgan fingerprint density at radius 2 is 1.95 bits per heavy atom. The molecule has 0 saturated heterocycles. The second kappa shape index (κ2) is 6.15. The van der Waals surface area contributed by atoms with Crippen molar-refractivity contribution in [1.82, 2.24) is 4.72 Å². The minimum atomic E-state index is -4.89. The third-order valence-electron chi connectivity index (χ3n) is 3.47. The van der Waals surface area contributed by atoms with Gasteiger partial charge in [-0.1, -0.05) is 13.0 Å². The number of hydrogen-bond acceptors (Lipinski definition) is 4. The van der Waals surface area contributed by atoms with Crippen LogP contribution in [0.4, 0.5) is 13.2 Å². The zero-order valence-electron chi connectivity index (χ0n) is 11.7. The molecule has 5 nitrogen and oxygen atoms in total. The number of nitrogens with one attached hydrogen (secondary N) is 1. The van der Waals surface area contributed by atoms with E-state index in [1.54, 1.807) is 6.07 Å². The van der Waals surface area contributed by atoms with E-state index in [4.69, 9.17) is 4.74 Å². The molecule has 2 unspecified atom stereocenters. The molecule has 0 bridgehead atoms. The Hall–Kier alpha value is -1.16. The molecule has 0 amide bonds. The van der Waals surface area contributed by atoms with Gasteiger partial charge in [-0.15, -0.1) is 0 Å². The number of rotatable bonds is 5. The van der Waals surface area contributed by atoms with Gasteiger partial charge in [-0.3, -0.25) is 0 Å². The van der Waals surface area contributed by atoms with E-state index in [0.29, 0.717) is 12.2 Å². The van der Waals surface area contributed by atoms with Crippen LogP contribution < -0.4 is 4.72 Å². The lowest BCUT2D eigenvalue weighted by Crippen LogP contribution is -2.49. The highest BCUT2D eigenvalue weighted by Gasteiger charge is 2.44. The van der Waals surface area contributed by atoms with Crippen LogP contribution in [0.3, 0.4) is 0 Å². The lowest BCUT2D eigenvalue weighted by Gasteiger charge is -2.24. The number of sulfonamides is 1. The average molecular weight is 339 g/mol. The monoisotopic (exact) mass is 339 g/mol. The first-order valence-electron chi connectivity index (χ1n) is 6.62. The fourth-order valence-electron chi connectivity index (χ4n) is 2.18. The molecule has 1 aromatic carbocycles. The summed E-state index contributed by atoms with van der Waals surface area (Å²) in [5.41, 5.74) is 1.54. The zero-order valence-corrected chi connectivity index (χ0v) is 12.5. The summed E-state index contributed by atoms with van der Waals surface area (Å²) >= 11 is 0. The van der Waals surface area contributed by atoms with Crippen molar-refractivity contribution in [3.05, 3.63) is 29.3 Å². The fourth-order valence-corrected chi connectivity index (χ4v) is 3.56. The molecule has 0 saturated carbocycles. The SMILES string of the molecule is CCC(NS(=O)(=O)c1ccc2c(c1)COC2)C(O)C(F)(F)F. The summed E-state index contributed by atoms with van der Waals surface area (Å²) in [6.07, 6.45) is -7.85. The van der Waals surface area contributed by atoms with E-state index >= 15 is 0 Å². The van der Waals surface area contributed by atoms with Crippen LogP contribution in [0.25, 0.3) is 0 Å². The molecule has 1 aromatic rings. The van der Waals surface area contributed by atoms with Crippen molar-refractivity contribution < 1.29 is 31.4 Å². The normalized spacial score (nSPS) is 18.0. The zero-order chi connectivity index (χ0) is 16.5. The molecular formula is C13H16F3NO4S. The molecule has 22 heavy (non-hydrogen) atoms. The molecule has 124 valence electrons. The number of fused-ring (bicyclic) bond motifs is 1. The minimum absolute atomic E-state index is 0.149. The second-order valence-electron chi connectivity index (χ2n) is 5.05. The standard InChI is InChI=1S/C13H16F3NO4S/c1-2-11(12(18)13(14,15)16)17-22(19,20)10-4-3-8-6-21-7-9(8)5-10/h3-5,11-12,17-18H,2,6-7H2,1H3. The first-order chi connectivity index (χ1) is 10.1. The van der Waals surface area contributed by atoms with Gasteiger partial charge in [0.05, 0.1) is 24.2 Å². The smallest absolute Gasteiger partial charge is 0.382 e. The van der Waals surface area contributed by atoms with Crippen molar-refractivity contribution in [1.29, 1.82) is 0 Å². The summed E-state index contributed by atoms with van der Waals surface area (Å²) in [5, 5.41) is 9.24. The van der Waals surface area contributed by atoms with Crippen LogP contribution in [-0.4, -0.2) is 31.8 Å². The van der Waals surface area contributed by atoms with E-state index in [-0.39, 0.29) is 17.9 Å². The summed E-state index contributed by atoms with van der Waals surface area (Å²) in [5.74, 6) is 0. The highest BCUT2D eigenvalue weighted by atomic mass is 32.2. The van der Waals surface area contributed by atoms with Crippen LogP contribution in [0, 0.1) is 0 Å². The number of hydrogen-bond donors (Lipinski definition) is 2. The molecule has 2 N–H and O–H groups in total. The molecule has 2 rings (SSSR count). The predicted molar refractivity (Wildman–Crippen MR) is 71.4 cm³/mol. The van der Waals surface area contributed by atoms with Crippen molar-refractivity contribution in [2.24, 2.45) is 0 Å². The molecule has 0 aliphatic carbocycles. The number of aliphatic hydroxyl groups excluding tert-OH is 1. The van der Waals surface area contributed by atoms with E-state index in [1.807, 2.05) is 4.72 Å². The first kappa shape index (κ1) is 17.2. The van der Waals surface area contributed by atoms with Gasteiger partial charge in [0.25, 0.3) is 0 Å². The molecule has 9 heteroatoms. The van der Waals surface area contributed by atoms with E-state index in [1.165, 1.54) is 19.1 Å². The Morgan fingerprint density at radius 1 is 1.32 bits per heavy atom. The van der Waals surface area contributed by atoms with Gasteiger partial charge in [0.2, 0.25) is 10.0 Å². The van der Waals surface area contributed by atoms with Gasteiger partial charge >= 0.3 is 6.18 Å². The van der Waals surface area contributed by atoms with Crippen molar-refractivity contribution in [3.63, 3.8) is 0 Å². The number of ether oxygens (including phenoxy) is 1. The Bertz CT molecular complexity index is 645. The van der Waals surface area contributed by atoms with Crippen LogP contribution in [0.5, 0.6) is 0 Å². The topological polar surface area (TPSA) is 75.6 Å². The minimum Gasteiger partial charge on any atom is -0.382 e. The lowest BCUT2D eigenvalue weighted by molar-refractivity contribution is -0.210. The first-order valence-corrected chi connectivity index (χ1v) is 8.10. The van der Waals surface area contributed by atoms with Crippen LogP contribution in [0.2, 0.25) is 0 Å². The van der Waals surface area contributed by atoms with E-state index < -0.39 is 28.3 Å². The Balaban J connectivity index is 2.23. The molecule has 1 aliphatic rings. The third kappa shape index (κ3) is 3.60. The third-order valence-corrected chi connectivity index (χ3v) is 4.95. The summed E-state index contributed by atoms with van der Waals surface area (Å²) in [6.45, 7) is 2.01. The number of alkyl halides is 3. The van der Waals surface area contributed by atoms with E-state index in [9.17, 15) is 26.7 Å². The highest BCUT2D eigenvalue weighted by molar-refractivity contribution is 7.89. The molecule has 1 heterocycles. The summed E-state index contributed by atoms with van der Waals surface area (Å²) in [7, 11) is -4.16. The van der Waals surface area contributed by atoms with Crippen molar-refractivity contribution in [2.45, 2.75) is 49.8 Å². The van der Waals surface area contributed by atoms with Gasteiger partial charge in [0, 0.05) is 0 Å². The van der Waals surface area contributed by atoms with Gasteiger partial charge in [-0.05, 0) is 29.7 Å². The van der Waals surface area contributed by atoms with Gasteiger partial charge in [0.15, 0.2) is 6.10 Å². The summed E-state index contributed by atoms with van der Waals surface area (Å²) < 4.78 is 69.1. The van der Waals surface area contributed by atoms with Crippen LogP contribution in [-0.2, 0) is 28.0 Å². The van der Waals surface area contributed by atoms with Crippen LogP contribution in [0.1, 0.15) is 24.5 Å². The maximum absolute atomic E-state index is 12.5. The lowest BCUT2D eigenvalue weighted by atomic mass is 10.1.